The highest BCUT2D eigenvalue weighted by atomic mass is 32.1. The molecule has 2 saturated heterocycles. The predicted molar refractivity (Wildman–Crippen MR) is 275 cm³/mol. The molecule has 1 unspecified atom stereocenters. The Kier molecular flexibility index (Phi) is 13.7. The van der Waals surface area contributed by atoms with Crippen LogP contribution in [-0.2, 0) is 34.4 Å². The van der Waals surface area contributed by atoms with E-state index in [0.29, 0.717) is 83.4 Å². The average molecular weight is 990 g/mol. The molecule has 3 aromatic heterocycles. The van der Waals surface area contributed by atoms with Gasteiger partial charge in [-0.2, -0.15) is 5.10 Å². The van der Waals surface area contributed by atoms with Crippen LogP contribution >= 0.6 is 11.3 Å². The number of imide groups is 1. The molecule has 3 aliphatic rings. The quantitative estimate of drug-likeness (QED) is 0.0566. The molecule has 4 amide bonds. The van der Waals surface area contributed by atoms with E-state index in [0.717, 1.165) is 82.1 Å². The number of aromatic nitrogens is 4. The van der Waals surface area contributed by atoms with Gasteiger partial charge >= 0.3 is 5.97 Å². The van der Waals surface area contributed by atoms with E-state index in [9.17, 15) is 29.1 Å². The van der Waals surface area contributed by atoms with Gasteiger partial charge in [-0.05, 0) is 141 Å². The number of amides is 4. The van der Waals surface area contributed by atoms with Gasteiger partial charge in [-0.15, -0.1) is 0 Å². The number of fused-ring (bicyclic) bond motifs is 3. The smallest absolute Gasteiger partial charge is 0.355 e. The molecule has 0 aliphatic carbocycles. The summed E-state index contributed by atoms with van der Waals surface area (Å²) < 4.78 is 14.5. The summed E-state index contributed by atoms with van der Waals surface area (Å²) in [6.45, 7) is 5.35. The van der Waals surface area contributed by atoms with E-state index in [1.165, 1.54) is 18.4 Å². The Bertz CT molecular complexity index is 3240. The summed E-state index contributed by atoms with van der Waals surface area (Å²) in [5, 5.41) is 24.7. The van der Waals surface area contributed by atoms with Gasteiger partial charge in [0, 0.05) is 43.1 Å². The van der Waals surface area contributed by atoms with E-state index in [1.807, 2.05) is 90.7 Å². The predicted octanol–water partition coefficient (Wildman–Crippen LogP) is 8.11. The van der Waals surface area contributed by atoms with Gasteiger partial charge < -0.3 is 24.8 Å². The zero-order chi connectivity index (χ0) is 50.0. The number of ether oxygens (including phenoxy) is 2. The Hall–Kier alpha value is -7.70. The summed E-state index contributed by atoms with van der Waals surface area (Å²) >= 11 is 1.43. The van der Waals surface area contributed by atoms with Crippen LogP contribution in [0.15, 0.2) is 84.9 Å². The Morgan fingerprint density at radius 3 is 2.50 bits per heavy atom. The molecule has 4 N–H and O–H groups in total. The number of thiazole rings is 1. The lowest BCUT2D eigenvalue weighted by Gasteiger charge is -2.31. The number of carboxylic acid groups (broad SMARTS) is 1. The second-order valence-electron chi connectivity index (χ2n) is 18.7. The number of likely N-dealkylation sites (tertiary alicyclic amines) is 1. The van der Waals surface area contributed by atoms with Crippen LogP contribution in [0.4, 0.5) is 16.6 Å². The first-order valence-corrected chi connectivity index (χ1v) is 25.1. The standard InChI is InChI=1S/C54H55N9O8S/c1-31-26-34(71-25-7-8-32-19-22-62(23-20-32)30-48(65)55-42-28-43-39(27-44(42)70-3)49(60-61(43)2)38-16-18-47(64)58-52(38)67)13-14-35(31)36-15-17-46(57-50(36)53(68)69)63-24-21-33-9-6-10-37(40(33)29-63)51(66)59-54-56-41-11-4-5-12-45(41)72-54/h4-6,9-15,17,26-28,32,38H,7-8,16,18-25,29-30H2,1-3H3,(H,55,65)(H,68,69)(H,56,59,66)(H,58,64,67). The average Bonchev–Trinajstić information content (AvgIpc) is 3.93. The normalized spacial score (nSPS) is 16.4. The van der Waals surface area contributed by atoms with Crippen molar-refractivity contribution in [2.24, 2.45) is 13.0 Å². The molecular formula is C54H55N9O8S. The first-order chi connectivity index (χ1) is 34.9. The van der Waals surface area contributed by atoms with Crippen LogP contribution in [0.1, 0.15) is 87.7 Å². The molecule has 0 spiro atoms. The van der Waals surface area contributed by atoms with Gasteiger partial charge in [0.1, 0.15) is 17.3 Å². The number of pyridine rings is 1. The molecule has 370 valence electrons. The second-order valence-corrected chi connectivity index (χ2v) is 19.8. The number of nitrogens with one attached hydrogen (secondary N) is 3. The number of benzene rings is 4. The van der Waals surface area contributed by atoms with Crippen molar-refractivity contribution in [2.45, 2.75) is 64.3 Å². The van der Waals surface area contributed by atoms with Gasteiger partial charge in [0.15, 0.2) is 10.8 Å². The van der Waals surface area contributed by atoms with E-state index >= 15 is 0 Å². The zero-order valence-electron chi connectivity index (χ0n) is 40.3. The van der Waals surface area contributed by atoms with Crippen LogP contribution in [0.25, 0.3) is 32.2 Å². The third-order valence-electron chi connectivity index (χ3n) is 14.1. The van der Waals surface area contributed by atoms with Gasteiger partial charge in [0.2, 0.25) is 17.7 Å². The van der Waals surface area contributed by atoms with E-state index < -0.39 is 11.9 Å². The fourth-order valence-electron chi connectivity index (χ4n) is 10.3. The number of anilines is 3. The third-order valence-corrected chi connectivity index (χ3v) is 15.0. The number of aryl methyl sites for hydroxylation is 2. The maximum absolute atomic E-state index is 13.6. The van der Waals surface area contributed by atoms with Crippen molar-refractivity contribution in [3.63, 3.8) is 0 Å². The fraction of sp³-hybridized carbons (Fsp3) is 0.333. The lowest BCUT2D eigenvalue weighted by atomic mass is 9.92. The highest BCUT2D eigenvalue weighted by Gasteiger charge is 2.33. The van der Waals surface area contributed by atoms with E-state index in [-0.39, 0.29) is 42.3 Å². The number of carbonyl (C=O) groups is 5. The molecule has 6 heterocycles. The van der Waals surface area contributed by atoms with Gasteiger partial charge in [-0.3, -0.25) is 39.4 Å². The molecule has 4 aromatic carbocycles. The van der Waals surface area contributed by atoms with Crippen molar-refractivity contribution in [1.82, 2.24) is 30.0 Å². The number of carbonyl (C=O) groups excluding carboxylic acids is 4. The van der Waals surface area contributed by atoms with Crippen LogP contribution in [-0.4, -0.2) is 99.2 Å². The van der Waals surface area contributed by atoms with Gasteiger partial charge in [-0.1, -0.05) is 41.7 Å². The van der Waals surface area contributed by atoms with E-state index in [2.05, 4.69) is 30.9 Å². The molecule has 72 heavy (non-hydrogen) atoms. The van der Waals surface area contributed by atoms with Crippen LogP contribution in [0.2, 0.25) is 0 Å². The van der Waals surface area contributed by atoms with Gasteiger partial charge in [0.05, 0.1) is 53.3 Å². The second kappa shape index (κ2) is 20.6. The van der Waals surface area contributed by atoms with Gasteiger partial charge in [0.25, 0.3) is 5.91 Å². The minimum absolute atomic E-state index is 0.0464. The summed E-state index contributed by atoms with van der Waals surface area (Å²) in [7, 11) is 3.32. The number of methoxy groups -OCH3 is 1. The summed E-state index contributed by atoms with van der Waals surface area (Å²) in [6.07, 6.45) is 5.13. The molecule has 1 atom stereocenters. The largest absolute Gasteiger partial charge is 0.495 e. The maximum atomic E-state index is 13.6. The first-order valence-electron chi connectivity index (χ1n) is 24.3. The van der Waals surface area contributed by atoms with E-state index in [4.69, 9.17) is 14.5 Å². The molecular weight excluding hydrogens is 935 g/mol. The highest BCUT2D eigenvalue weighted by Crippen LogP contribution is 2.38. The number of nitrogens with zero attached hydrogens (tertiary/aromatic N) is 6. The lowest BCUT2D eigenvalue weighted by molar-refractivity contribution is -0.134. The van der Waals surface area contributed by atoms with Crippen molar-refractivity contribution in [2.75, 3.05) is 55.4 Å². The molecule has 0 radical (unpaired) electrons. The topological polar surface area (TPSA) is 210 Å². The number of carboxylic acids is 1. The number of aromatic carboxylic acids is 1. The minimum atomic E-state index is -1.13. The molecule has 7 aromatic rings. The number of hydrogen-bond acceptors (Lipinski definition) is 13. The summed E-state index contributed by atoms with van der Waals surface area (Å²) in [5.74, 6) is -0.498. The number of piperidine rings is 2. The monoisotopic (exact) mass is 989 g/mol. The number of hydrogen-bond donors (Lipinski definition) is 4. The van der Waals surface area contributed by atoms with Crippen LogP contribution in [0.3, 0.4) is 0 Å². The van der Waals surface area contributed by atoms with Crippen molar-refractivity contribution in [1.29, 1.82) is 0 Å². The molecule has 3 aliphatic heterocycles. The molecule has 2 fully saturated rings. The maximum Gasteiger partial charge on any atom is 0.355 e. The summed E-state index contributed by atoms with van der Waals surface area (Å²) in [5.41, 5.74) is 7.25. The lowest BCUT2D eigenvalue weighted by Crippen LogP contribution is -2.39. The molecule has 10 rings (SSSR count). The van der Waals surface area contributed by atoms with Gasteiger partial charge in [-0.25, -0.2) is 14.8 Å². The Labute approximate surface area is 419 Å². The highest BCUT2D eigenvalue weighted by molar-refractivity contribution is 7.22. The van der Waals surface area contributed by atoms with E-state index in [1.54, 1.807) is 17.8 Å². The molecule has 0 bridgehead atoms. The van der Waals surface area contributed by atoms with Crippen molar-refractivity contribution in [3.8, 4) is 22.6 Å². The molecule has 17 nitrogen and oxygen atoms in total. The van der Waals surface area contributed by atoms with Crippen LogP contribution in [0, 0.1) is 12.8 Å². The minimum Gasteiger partial charge on any atom is -0.495 e. The van der Waals surface area contributed by atoms with Crippen molar-refractivity contribution in [3.05, 3.63) is 119 Å². The Morgan fingerprint density at radius 2 is 1.72 bits per heavy atom. The Morgan fingerprint density at radius 1 is 0.903 bits per heavy atom. The van der Waals surface area contributed by atoms with Crippen molar-refractivity contribution >= 4 is 78.7 Å². The number of para-hydroxylation sites is 1. The SMILES string of the molecule is COc1cc2c(C3CCC(=O)NC3=O)nn(C)c2cc1NC(=O)CN1CCC(CCCOc2ccc(-c3ccc(N4CCc5cccc(C(=O)Nc6nc7ccccc7s6)c5C4)nc3C(=O)O)c(C)c2)CC1. The third kappa shape index (κ3) is 10.1. The Balaban J connectivity index is 0.700. The van der Waals surface area contributed by atoms with Crippen molar-refractivity contribution < 1.29 is 38.6 Å². The fourth-order valence-corrected chi connectivity index (χ4v) is 11.2. The number of rotatable bonds is 15. The van der Waals surface area contributed by atoms with Crippen LogP contribution < -0.4 is 30.3 Å². The first kappa shape index (κ1) is 48.0. The molecule has 18 heteroatoms. The summed E-state index contributed by atoms with van der Waals surface area (Å²) in [4.78, 5) is 77.5. The summed E-state index contributed by atoms with van der Waals surface area (Å²) in [6, 6.07) is 26.5. The van der Waals surface area contributed by atoms with Crippen LogP contribution in [0.5, 0.6) is 11.5 Å². The molecule has 0 saturated carbocycles. The zero-order valence-corrected chi connectivity index (χ0v) is 41.1.